The highest BCUT2D eigenvalue weighted by atomic mass is 35.5. The number of nitrogens with zero attached hydrogens (tertiary/aromatic N) is 3. The molecule has 0 spiro atoms. The van der Waals surface area contributed by atoms with Gasteiger partial charge < -0.3 is 19.9 Å². The van der Waals surface area contributed by atoms with Gasteiger partial charge in [0, 0.05) is 58.7 Å². The van der Waals surface area contributed by atoms with Gasteiger partial charge in [0.15, 0.2) is 0 Å². The average Bonchev–Trinajstić information content (AvgIpc) is 3.29. The largest absolute Gasteiger partial charge is 0.445 e. The van der Waals surface area contributed by atoms with Gasteiger partial charge in [-0.15, -0.1) is 0 Å². The van der Waals surface area contributed by atoms with Crippen molar-refractivity contribution < 1.29 is 9.53 Å². The van der Waals surface area contributed by atoms with Crippen LogP contribution < -0.4 is 10.9 Å². The first-order valence-electron chi connectivity index (χ1n) is 11.4. The molecule has 2 N–H and O–H groups in total. The molecule has 8 nitrogen and oxygen atoms in total. The summed E-state index contributed by atoms with van der Waals surface area (Å²) in [5, 5.41) is 4.58. The second-order valence-corrected chi connectivity index (χ2v) is 9.34. The number of ether oxygens (including phenoxy) is 1. The number of carbonyl (C=O) groups is 1. The zero-order chi connectivity index (χ0) is 23.9. The van der Waals surface area contributed by atoms with Crippen LogP contribution in [0.25, 0.3) is 22.2 Å². The molecule has 176 valence electrons. The average molecular weight is 488 g/mol. The topological polar surface area (TPSA) is 100 Å². The van der Waals surface area contributed by atoms with Crippen LogP contribution in [0.3, 0.4) is 0 Å². The highest BCUT2D eigenvalue weighted by Crippen LogP contribution is 2.47. The minimum Gasteiger partial charge on any atom is -0.445 e. The van der Waals surface area contributed by atoms with Crippen LogP contribution in [0.5, 0.6) is 0 Å². The van der Waals surface area contributed by atoms with E-state index < -0.39 is 0 Å². The lowest BCUT2D eigenvalue weighted by molar-refractivity contribution is 0.100. The summed E-state index contributed by atoms with van der Waals surface area (Å²) < 4.78 is 5.44. The van der Waals surface area contributed by atoms with Gasteiger partial charge in [-0.25, -0.2) is 9.78 Å². The molecule has 0 bridgehead atoms. The van der Waals surface area contributed by atoms with E-state index in [1.165, 1.54) is 0 Å². The molecular weight excluding hydrogens is 466 g/mol. The molecule has 1 saturated heterocycles. The summed E-state index contributed by atoms with van der Waals surface area (Å²) >= 11 is 6.27. The van der Waals surface area contributed by atoms with Gasteiger partial charge in [0.25, 0.3) is 5.56 Å². The van der Waals surface area contributed by atoms with Crippen LogP contribution in [-0.4, -0.2) is 45.1 Å². The van der Waals surface area contributed by atoms with Crippen LogP contribution in [0.2, 0.25) is 5.02 Å². The molecule has 6 rings (SSSR count). The lowest BCUT2D eigenvalue weighted by Crippen LogP contribution is -2.34. The van der Waals surface area contributed by atoms with Gasteiger partial charge in [-0.1, -0.05) is 60.1 Å². The number of nitrogens with one attached hydrogen (secondary N) is 2. The zero-order valence-corrected chi connectivity index (χ0v) is 19.4. The fraction of sp³-hybridized carbons (Fsp3) is 0.231. The predicted octanol–water partition coefficient (Wildman–Crippen LogP) is 4.32. The number of amides is 1. The smallest absolute Gasteiger partial charge is 0.410 e. The van der Waals surface area contributed by atoms with Crippen molar-refractivity contribution in [2.75, 3.05) is 18.4 Å². The predicted molar refractivity (Wildman–Crippen MR) is 133 cm³/mol. The number of likely N-dealkylation sites (tertiary alicyclic amines) is 1. The summed E-state index contributed by atoms with van der Waals surface area (Å²) in [6.45, 7) is 1.55. The molecule has 2 atom stereocenters. The van der Waals surface area contributed by atoms with Gasteiger partial charge in [0.1, 0.15) is 12.3 Å². The number of fused-ring (bicyclic) bond motifs is 2. The maximum atomic E-state index is 12.7. The summed E-state index contributed by atoms with van der Waals surface area (Å²) in [5.41, 5.74) is 2.30. The van der Waals surface area contributed by atoms with Gasteiger partial charge >= 0.3 is 6.09 Å². The number of H-pyrrole nitrogens is 1. The van der Waals surface area contributed by atoms with E-state index in [1.54, 1.807) is 23.2 Å². The SMILES string of the molecule is O=C(OCc1ccccc1)N1CC2C(C1)C2Nc1ncc2cc(-c3ccccc3Cl)c(=O)[nH]c2n1. The molecule has 2 fully saturated rings. The van der Waals surface area contributed by atoms with Gasteiger partial charge in [-0.3, -0.25) is 4.79 Å². The molecule has 9 heteroatoms. The first kappa shape index (κ1) is 21.6. The maximum absolute atomic E-state index is 12.7. The third-order valence-corrected chi connectivity index (χ3v) is 7.04. The second-order valence-electron chi connectivity index (χ2n) is 8.93. The van der Waals surface area contributed by atoms with E-state index >= 15 is 0 Å². The maximum Gasteiger partial charge on any atom is 0.410 e. The van der Waals surface area contributed by atoms with Crippen molar-refractivity contribution in [1.29, 1.82) is 0 Å². The number of rotatable bonds is 5. The Hall–Kier alpha value is -3.91. The Morgan fingerprint density at radius 1 is 1.09 bits per heavy atom. The molecule has 35 heavy (non-hydrogen) atoms. The summed E-state index contributed by atoms with van der Waals surface area (Å²) in [6.07, 6.45) is 1.40. The van der Waals surface area contributed by atoms with Gasteiger partial charge in [-0.2, -0.15) is 4.98 Å². The van der Waals surface area contributed by atoms with Crippen molar-refractivity contribution in [3.05, 3.63) is 87.8 Å². The summed E-state index contributed by atoms with van der Waals surface area (Å²) in [5.74, 6) is 1.12. The van der Waals surface area contributed by atoms with Gasteiger partial charge in [-0.05, 0) is 17.7 Å². The van der Waals surface area contributed by atoms with E-state index in [0.29, 0.717) is 58.1 Å². The lowest BCUT2D eigenvalue weighted by atomic mass is 10.1. The first-order chi connectivity index (χ1) is 17.1. The Morgan fingerprint density at radius 3 is 2.60 bits per heavy atom. The Kier molecular flexibility index (Phi) is 5.37. The van der Waals surface area contributed by atoms with Gasteiger partial charge in [0.2, 0.25) is 5.95 Å². The van der Waals surface area contributed by atoms with E-state index in [0.717, 1.165) is 5.56 Å². The van der Waals surface area contributed by atoms with Crippen LogP contribution in [0, 0.1) is 11.8 Å². The molecule has 1 aliphatic heterocycles. The van der Waals surface area contributed by atoms with E-state index in [9.17, 15) is 9.59 Å². The highest BCUT2D eigenvalue weighted by Gasteiger charge is 2.57. The summed E-state index contributed by atoms with van der Waals surface area (Å²) in [7, 11) is 0. The van der Waals surface area contributed by atoms with Crippen LogP contribution in [0.1, 0.15) is 5.56 Å². The first-order valence-corrected chi connectivity index (χ1v) is 11.8. The number of halogens is 1. The molecular formula is C26H22ClN5O3. The van der Waals surface area contributed by atoms with Crippen molar-refractivity contribution in [3.63, 3.8) is 0 Å². The molecule has 1 aliphatic carbocycles. The van der Waals surface area contributed by atoms with Crippen LogP contribution in [0.15, 0.2) is 71.7 Å². The number of hydrogen-bond donors (Lipinski definition) is 2. The Bertz CT molecular complexity index is 1460. The van der Waals surface area contributed by atoms with E-state index in [4.69, 9.17) is 16.3 Å². The molecule has 1 saturated carbocycles. The number of aromatic amines is 1. The fourth-order valence-electron chi connectivity index (χ4n) is 4.79. The zero-order valence-electron chi connectivity index (χ0n) is 18.6. The third kappa shape index (κ3) is 4.21. The number of anilines is 1. The molecule has 0 radical (unpaired) electrons. The number of aromatic nitrogens is 3. The minimum absolute atomic E-state index is 0.194. The number of carbonyl (C=O) groups excluding carboxylic acids is 1. The summed E-state index contributed by atoms with van der Waals surface area (Å²) in [6, 6.07) is 18.8. The minimum atomic E-state index is -0.284. The van der Waals surface area contributed by atoms with Crippen molar-refractivity contribution >= 4 is 34.7 Å². The lowest BCUT2D eigenvalue weighted by Gasteiger charge is -2.20. The second kappa shape index (κ2) is 8.70. The van der Waals surface area contributed by atoms with Crippen molar-refractivity contribution in [3.8, 4) is 11.1 Å². The normalized spacial score (nSPS) is 20.5. The fourth-order valence-corrected chi connectivity index (χ4v) is 5.03. The number of piperidine rings is 1. The monoisotopic (exact) mass is 487 g/mol. The molecule has 2 unspecified atom stereocenters. The van der Waals surface area contributed by atoms with E-state index in [-0.39, 0.29) is 24.3 Å². The van der Waals surface area contributed by atoms with Crippen molar-refractivity contribution in [1.82, 2.24) is 19.9 Å². The highest BCUT2D eigenvalue weighted by molar-refractivity contribution is 6.33. The van der Waals surface area contributed by atoms with Crippen LogP contribution in [-0.2, 0) is 11.3 Å². The van der Waals surface area contributed by atoms with Crippen LogP contribution in [0.4, 0.5) is 10.7 Å². The van der Waals surface area contributed by atoms with E-state index in [2.05, 4.69) is 20.3 Å². The van der Waals surface area contributed by atoms with Crippen LogP contribution >= 0.6 is 11.6 Å². The Labute approximate surface area is 205 Å². The quantitative estimate of drug-likeness (QED) is 0.435. The number of pyridine rings is 1. The third-order valence-electron chi connectivity index (χ3n) is 6.71. The molecule has 3 heterocycles. The van der Waals surface area contributed by atoms with E-state index in [1.807, 2.05) is 48.5 Å². The van der Waals surface area contributed by atoms with Crippen molar-refractivity contribution in [2.45, 2.75) is 12.6 Å². The number of hydrogen-bond acceptors (Lipinski definition) is 6. The molecule has 4 aromatic rings. The molecule has 1 amide bonds. The molecule has 2 aromatic heterocycles. The molecule has 2 aromatic carbocycles. The standard InChI is InChI=1S/C26H22ClN5O3/c27-21-9-5-4-8-17(21)18-10-16-11-28-25(31-23(16)30-24(18)33)29-22-19-12-32(13-20(19)22)26(34)35-14-15-6-2-1-3-7-15/h1-11,19-20,22H,12-14H2,(H2,28,29,30,31,33). The Balaban J connectivity index is 1.09. The number of benzene rings is 2. The summed E-state index contributed by atoms with van der Waals surface area (Å²) in [4.78, 5) is 38.6. The molecule has 2 aliphatic rings. The Morgan fingerprint density at radius 2 is 1.83 bits per heavy atom. The van der Waals surface area contributed by atoms with Crippen molar-refractivity contribution in [2.24, 2.45) is 11.8 Å². The van der Waals surface area contributed by atoms with Gasteiger partial charge in [0.05, 0.1) is 0 Å².